The molecule has 48 valence electrons. The van der Waals surface area contributed by atoms with Crippen molar-refractivity contribution in [3.8, 4) is 0 Å². The summed E-state index contributed by atoms with van der Waals surface area (Å²) < 4.78 is 12.7. The lowest BCUT2D eigenvalue weighted by Crippen LogP contribution is -2.12. The van der Waals surface area contributed by atoms with Crippen molar-refractivity contribution in [2.75, 3.05) is 0 Å². The summed E-state index contributed by atoms with van der Waals surface area (Å²) in [6, 6.07) is 0. The molecule has 0 radical (unpaired) electrons. The SMILES string of the molecule is CC=C(C)C(C)(C)F. The highest BCUT2D eigenvalue weighted by molar-refractivity contribution is 5.08. The average Bonchev–Trinajstić information content (AvgIpc) is 1.62. The molecule has 1 heteroatoms. The van der Waals surface area contributed by atoms with Crippen LogP contribution in [0.1, 0.15) is 27.7 Å². The predicted octanol–water partition coefficient (Wildman–Crippen LogP) is 2.70. The summed E-state index contributed by atoms with van der Waals surface area (Å²) in [4.78, 5) is 0. The summed E-state index contributed by atoms with van der Waals surface area (Å²) >= 11 is 0. The topological polar surface area (TPSA) is 0 Å². The van der Waals surface area contributed by atoms with Crippen LogP contribution in [-0.4, -0.2) is 5.67 Å². The van der Waals surface area contributed by atoms with Crippen molar-refractivity contribution in [2.24, 2.45) is 0 Å². The summed E-state index contributed by atoms with van der Waals surface area (Å²) in [7, 11) is 0. The van der Waals surface area contributed by atoms with E-state index in [0.717, 1.165) is 5.57 Å². The Morgan fingerprint density at radius 2 is 1.88 bits per heavy atom. The van der Waals surface area contributed by atoms with Gasteiger partial charge in [-0.1, -0.05) is 6.08 Å². The van der Waals surface area contributed by atoms with Crippen molar-refractivity contribution in [3.05, 3.63) is 11.6 Å². The number of rotatable bonds is 1. The number of hydrogen-bond acceptors (Lipinski definition) is 0. The van der Waals surface area contributed by atoms with Gasteiger partial charge in [0.15, 0.2) is 0 Å². The minimum atomic E-state index is -1.13. The van der Waals surface area contributed by atoms with E-state index in [2.05, 4.69) is 0 Å². The van der Waals surface area contributed by atoms with E-state index in [1.54, 1.807) is 26.8 Å². The van der Waals surface area contributed by atoms with Crippen LogP contribution in [0.3, 0.4) is 0 Å². The van der Waals surface area contributed by atoms with E-state index < -0.39 is 5.67 Å². The molecular weight excluding hydrogens is 103 g/mol. The molecule has 0 heterocycles. The molecule has 0 aliphatic rings. The van der Waals surface area contributed by atoms with Crippen LogP contribution < -0.4 is 0 Å². The fraction of sp³-hybridized carbons (Fsp3) is 0.714. The van der Waals surface area contributed by atoms with Crippen LogP contribution in [0.2, 0.25) is 0 Å². The quantitative estimate of drug-likeness (QED) is 0.462. The van der Waals surface area contributed by atoms with Gasteiger partial charge in [-0.05, 0) is 33.3 Å². The fourth-order valence-corrected chi connectivity index (χ4v) is 0.343. The van der Waals surface area contributed by atoms with Crippen LogP contribution in [0.4, 0.5) is 4.39 Å². The van der Waals surface area contributed by atoms with Crippen molar-refractivity contribution < 1.29 is 4.39 Å². The first-order valence-electron chi connectivity index (χ1n) is 2.81. The van der Waals surface area contributed by atoms with E-state index in [1.165, 1.54) is 0 Å². The maximum atomic E-state index is 12.7. The summed E-state index contributed by atoms with van der Waals surface area (Å²) in [6.07, 6.45) is 1.79. The van der Waals surface area contributed by atoms with Gasteiger partial charge >= 0.3 is 0 Å². The monoisotopic (exact) mass is 116 g/mol. The lowest BCUT2D eigenvalue weighted by atomic mass is 10.0. The normalized spacial score (nSPS) is 14.4. The fourth-order valence-electron chi connectivity index (χ4n) is 0.343. The third-order valence-electron chi connectivity index (χ3n) is 1.37. The summed E-state index contributed by atoms with van der Waals surface area (Å²) in [5.74, 6) is 0. The highest BCUT2D eigenvalue weighted by Crippen LogP contribution is 2.18. The summed E-state index contributed by atoms with van der Waals surface area (Å²) in [6.45, 7) is 6.75. The molecule has 0 bridgehead atoms. The lowest BCUT2D eigenvalue weighted by molar-refractivity contribution is 0.268. The molecule has 0 N–H and O–H groups in total. The molecule has 0 fully saturated rings. The zero-order chi connectivity index (χ0) is 6.78. The van der Waals surface area contributed by atoms with Gasteiger partial charge < -0.3 is 0 Å². The third-order valence-corrected chi connectivity index (χ3v) is 1.37. The minimum Gasteiger partial charge on any atom is -0.240 e. The second-order valence-electron chi connectivity index (χ2n) is 2.44. The highest BCUT2D eigenvalue weighted by atomic mass is 19.1. The molecular formula is C7H13F. The van der Waals surface area contributed by atoms with Crippen molar-refractivity contribution in [3.63, 3.8) is 0 Å². The molecule has 0 aromatic heterocycles. The first kappa shape index (κ1) is 7.67. The molecule has 0 aromatic rings. The van der Waals surface area contributed by atoms with Crippen LogP contribution in [-0.2, 0) is 0 Å². The average molecular weight is 116 g/mol. The Morgan fingerprint density at radius 1 is 1.50 bits per heavy atom. The summed E-state index contributed by atoms with van der Waals surface area (Å²) in [5.41, 5.74) is -0.341. The second kappa shape index (κ2) is 2.29. The zero-order valence-electron chi connectivity index (χ0n) is 5.96. The predicted molar refractivity (Wildman–Crippen MR) is 34.6 cm³/mol. The van der Waals surface area contributed by atoms with Gasteiger partial charge in [0.1, 0.15) is 5.67 Å². The van der Waals surface area contributed by atoms with E-state index in [-0.39, 0.29) is 0 Å². The van der Waals surface area contributed by atoms with Crippen LogP contribution in [0, 0.1) is 0 Å². The molecule has 0 atom stereocenters. The van der Waals surface area contributed by atoms with Gasteiger partial charge in [0.25, 0.3) is 0 Å². The summed E-state index contributed by atoms with van der Waals surface area (Å²) in [5, 5.41) is 0. The van der Waals surface area contributed by atoms with Gasteiger partial charge in [0.05, 0.1) is 0 Å². The number of hydrogen-bond donors (Lipinski definition) is 0. The molecule has 0 amide bonds. The van der Waals surface area contributed by atoms with Crippen molar-refractivity contribution in [1.29, 1.82) is 0 Å². The Morgan fingerprint density at radius 3 is 1.88 bits per heavy atom. The van der Waals surface area contributed by atoms with Gasteiger partial charge in [0, 0.05) is 0 Å². The first-order valence-corrected chi connectivity index (χ1v) is 2.81. The van der Waals surface area contributed by atoms with E-state index in [1.807, 2.05) is 6.92 Å². The maximum absolute atomic E-state index is 12.7. The smallest absolute Gasteiger partial charge is 0.126 e. The molecule has 0 nitrogen and oxygen atoms in total. The van der Waals surface area contributed by atoms with Gasteiger partial charge in [-0.25, -0.2) is 4.39 Å². The Bertz CT molecular complexity index is 95.4. The van der Waals surface area contributed by atoms with Crippen LogP contribution in [0.5, 0.6) is 0 Å². The van der Waals surface area contributed by atoms with E-state index in [9.17, 15) is 4.39 Å². The molecule has 0 spiro atoms. The van der Waals surface area contributed by atoms with Crippen LogP contribution in [0.25, 0.3) is 0 Å². The number of allylic oxidation sites excluding steroid dienone is 2. The first-order chi connectivity index (χ1) is 3.48. The molecule has 0 rings (SSSR count). The van der Waals surface area contributed by atoms with Crippen molar-refractivity contribution in [2.45, 2.75) is 33.4 Å². The molecule has 0 aromatic carbocycles. The van der Waals surface area contributed by atoms with E-state index >= 15 is 0 Å². The Kier molecular flexibility index (Phi) is 2.20. The highest BCUT2D eigenvalue weighted by Gasteiger charge is 2.15. The minimum absolute atomic E-state index is 0.789. The van der Waals surface area contributed by atoms with Gasteiger partial charge in [-0.2, -0.15) is 0 Å². The third kappa shape index (κ3) is 2.10. The Hall–Kier alpha value is -0.330. The number of alkyl halides is 1. The van der Waals surface area contributed by atoms with Crippen LogP contribution >= 0.6 is 0 Å². The van der Waals surface area contributed by atoms with Gasteiger partial charge in [-0.3, -0.25) is 0 Å². The lowest BCUT2D eigenvalue weighted by Gasteiger charge is -2.13. The van der Waals surface area contributed by atoms with E-state index in [4.69, 9.17) is 0 Å². The standard InChI is InChI=1S/C7H13F/c1-5-6(2)7(3,4)8/h5H,1-4H3. The molecule has 0 unspecified atom stereocenters. The Labute approximate surface area is 50.4 Å². The van der Waals surface area contributed by atoms with E-state index in [0.29, 0.717) is 0 Å². The second-order valence-corrected chi connectivity index (χ2v) is 2.44. The van der Waals surface area contributed by atoms with Crippen molar-refractivity contribution in [1.82, 2.24) is 0 Å². The van der Waals surface area contributed by atoms with Gasteiger partial charge in [0.2, 0.25) is 0 Å². The van der Waals surface area contributed by atoms with Crippen molar-refractivity contribution >= 4 is 0 Å². The zero-order valence-corrected chi connectivity index (χ0v) is 5.96. The molecule has 0 aliphatic heterocycles. The maximum Gasteiger partial charge on any atom is 0.126 e. The van der Waals surface area contributed by atoms with Crippen LogP contribution in [0.15, 0.2) is 11.6 Å². The molecule has 0 saturated heterocycles. The molecule has 8 heavy (non-hydrogen) atoms. The van der Waals surface area contributed by atoms with Gasteiger partial charge in [-0.15, -0.1) is 0 Å². The molecule has 0 saturated carbocycles. The Balaban J connectivity index is 4.03. The largest absolute Gasteiger partial charge is 0.240 e. The molecule has 0 aliphatic carbocycles. The number of halogens is 1.